The van der Waals surface area contributed by atoms with Crippen molar-refractivity contribution in [2.45, 2.75) is 207 Å². The van der Waals surface area contributed by atoms with Crippen molar-refractivity contribution in [1.82, 2.24) is 9.13 Å². The van der Waals surface area contributed by atoms with E-state index in [-0.39, 0.29) is 50.0 Å². The fourth-order valence-corrected chi connectivity index (χ4v) is 19.2. The van der Waals surface area contributed by atoms with E-state index in [1.807, 2.05) is 0 Å². The number of hydrogen-bond donors (Lipinski definition) is 0. The summed E-state index contributed by atoms with van der Waals surface area (Å²) >= 11 is 0. The maximum absolute atomic E-state index is 2.66. The van der Waals surface area contributed by atoms with E-state index in [9.17, 15) is 0 Å². The van der Waals surface area contributed by atoms with Gasteiger partial charge in [-0.25, -0.2) is 0 Å². The summed E-state index contributed by atoms with van der Waals surface area (Å²) in [5.74, 6) is 0. The number of para-hydroxylation sites is 2. The molecule has 109 heavy (non-hydrogen) atoms. The van der Waals surface area contributed by atoms with E-state index >= 15 is 0 Å². The molecule has 4 nitrogen and oxygen atoms in total. The summed E-state index contributed by atoms with van der Waals surface area (Å²) in [6, 6.07) is 94.1. The van der Waals surface area contributed by atoms with E-state index < -0.39 is 0 Å². The molecule has 4 aliphatic rings. The van der Waals surface area contributed by atoms with Gasteiger partial charge in [0.05, 0.1) is 27.8 Å². The van der Waals surface area contributed by atoms with E-state index in [0.29, 0.717) is 0 Å². The highest BCUT2D eigenvalue weighted by Crippen LogP contribution is 2.53. The molecule has 0 amide bonds. The average Bonchev–Trinajstić information content (AvgIpc) is 1.36. The predicted molar refractivity (Wildman–Crippen MR) is 471 cm³/mol. The highest BCUT2D eigenvalue weighted by Gasteiger charge is 2.46. The van der Waals surface area contributed by atoms with Crippen molar-refractivity contribution in [2.75, 3.05) is 9.80 Å². The number of rotatable bonds is 7. The topological polar surface area (TPSA) is 16.3 Å². The van der Waals surface area contributed by atoms with Gasteiger partial charge in [-0.15, -0.1) is 0 Å². The second-order valence-electron chi connectivity index (χ2n) is 39.6. The smallest absolute Gasteiger partial charge is 0.252 e. The van der Waals surface area contributed by atoms with Crippen LogP contribution in [0.4, 0.5) is 34.1 Å². The third kappa shape index (κ3) is 11.5. The second kappa shape index (κ2) is 24.2. The Morgan fingerprint density at radius 3 is 1.09 bits per heavy atom. The lowest BCUT2D eigenvalue weighted by atomic mass is 9.33. The second-order valence-corrected chi connectivity index (χ2v) is 39.6. The SMILES string of the molecule is CC(C)(C)c1cc(-c2ccc3c(c2)B2c4ccc(-n5c6ccc(C(C)(C)C)cc6c6cc(C(C)(C)C)ccc65)cc4N(c4ccc(-c5ccc6c(c5)C(C)(C)CCC6(C)C)cc4)c4cc(-n5c6ccccc6c6ccccc65)cc(c42)N3c2ccc(-c3ccc4c(c3)C(C)(C)CCC4(C)C)cc2)cc(C(C)(C)C)c1. The summed E-state index contributed by atoms with van der Waals surface area (Å²) in [4.78, 5) is 5.30. The zero-order chi connectivity index (χ0) is 76.3. The molecule has 0 spiro atoms. The first-order valence-corrected chi connectivity index (χ1v) is 40.3. The number of anilines is 6. The van der Waals surface area contributed by atoms with Gasteiger partial charge >= 0.3 is 0 Å². The highest BCUT2D eigenvalue weighted by atomic mass is 15.2. The average molecular weight is 1420 g/mol. The molecular formula is C104H107BN4. The Hall–Kier alpha value is -10.1. The Balaban J connectivity index is 0.935. The molecule has 0 saturated carbocycles. The van der Waals surface area contributed by atoms with Crippen LogP contribution in [0.5, 0.6) is 0 Å². The maximum Gasteiger partial charge on any atom is 0.252 e. The minimum atomic E-state index is -0.192. The number of nitrogens with zero attached hydrogens (tertiary/aromatic N) is 4. The summed E-state index contributed by atoms with van der Waals surface area (Å²) in [6.45, 7) is 47.5. The van der Waals surface area contributed by atoms with Crippen molar-refractivity contribution >= 4 is 101 Å². The van der Waals surface area contributed by atoms with Crippen molar-refractivity contribution in [3.63, 3.8) is 0 Å². The fraction of sp³-hybridized carbons (Fsp3) is 0.308. The number of benzene rings is 12. The molecule has 14 aromatic rings. The van der Waals surface area contributed by atoms with Gasteiger partial charge in [-0.1, -0.05) is 284 Å². The number of aromatic nitrogens is 2. The van der Waals surface area contributed by atoms with Crippen LogP contribution in [0.15, 0.2) is 237 Å². The van der Waals surface area contributed by atoms with Crippen LogP contribution in [0.25, 0.3) is 88.4 Å². The van der Waals surface area contributed by atoms with E-state index in [2.05, 4.69) is 394 Å². The number of fused-ring (bicyclic) bond motifs is 12. The summed E-state index contributed by atoms with van der Waals surface area (Å²) in [6.07, 6.45) is 4.71. The molecule has 5 heteroatoms. The van der Waals surface area contributed by atoms with Gasteiger partial charge in [0.25, 0.3) is 6.71 Å². The van der Waals surface area contributed by atoms with E-state index in [1.54, 1.807) is 0 Å². The Morgan fingerprint density at radius 2 is 0.633 bits per heavy atom. The first-order chi connectivity index (χ1) is 51.5. The summed E-state index contributed by atoms with van der Waals surface area (Å²) < 4.78 is 5.12. The first kappa shape index (κ1) is 70.6. The van der Waals surface area contributed by atoms with E-state index in [0.717, 1.165) is 39.8 Å². The normalized spacial score (nSPS) is 16.3. The van der Waals surface area contributed by atoms with Crippen LogP contribution in [0.1, 0.15) is 209 Å². The van der Waals surface area contributed by atoms with Crippen LogP contribution >= 0.6 is 0 Å². The predicted octanol–water partition coefficient (Wildman–Crippen LogP) is 26.9. The van der Waals surface area contributed by atoms with Gasteiger partial charge in [-0.3, -0.25) is 0 Å². The highest BCUT2D eigenvalue weighted by molar-refractivity contribution is 7.00. The molecule has 0 saturated heterocycles. The molecule has 0 bridgehead atoms. The molecule has 0 radical (unpaired) electrons. The van der Waals surface area contributed by atoms with Crippen LogP contribution < -0.4 is 26.2 Å². The molecule has 0 unspecified atom stereocenters. The molecule has 2 aliphatic heterocycles. The van der Waals surface area contributed by atoms with Crippen LogP contribution in [-0.2, 0) is 43.3 Å². The molecule has 2 aromatic heterocycles. The molecule has 12 aromatic carbocycles. The monoisotopic (exact) mass is 1420 g/mol. The molecule has 2 aliphatic carbocycles. The summed E-state index contributed by atoms with van der Waals surface area (Å²) in [5, 5.41) is 5.03. The van der Waals surface area contributed by atoms with Gasteiger partial charge in [-0.05, 0) is 254 Å². The maximum atomic E-state index is 2.66. The molecule has 0 atom stereocenters. The Labute approximate surface area is 649 Å². The lowest BCUT2D eigenvalue weighted by Gasteiger charge is -2.45. The van der Waals surface area contributed by atoms with Gasteiger partial charge in [0, 0.05) is 61.4 Å². The Morgan fingerprint density at radius 1 is 0.257 bits per heavy atom. The van der Waals surface area contributed by atoms with Gasteiger partial charge < -0.3 is 18.9 Å². The van der Waals surface area contributed by atoms with Gasteiger partial charge in [-0.2, -0.15) is 0 Å². The van der Waals surface area contributed by atoms with E-state index in [1.165, 1.54) is 169 Å². The summed E-state index contributed by atoms with van der Waals surface area (Å²) in [5.41, 5.74) is 36.6. The van der Waals surface area contributed by atoms with Crippen molar-refractivity contribution in [3.8, 4) is 44.8 Å². The Bertz CT molecular complexity index is 5930. The third-order valence-electron chi connectivity index (χ3n) is 26.3. The zero-order valence-corrected chi connectivity index (χ0v) is 68.2. The molecular weight excluding hydrogens is 1320 g/mol. The molecule has 0 fully saturated rings. The minimum Gasteiger partial charge on any atom is -0.311 e. The largest absolute Gasteiger partial charge is 0.311 e. The zero-order valence-electron chi connectivity index (χ0n) is 68.2. The summed E-state index contributed by atoms with van der Waals surface area (Å²) in [7, 11) is 0. The van der Waals surface area contributed by atoms with E-state index in [4.69, 9.17) is 0 Å². The minimum absolute atomic E-state index is 0.0411. The third-order valence-corrected chi connectivity index (χ3v) is 26.3. The van der Waals surface area contributed by atoms with Gasteiger partial charge in [0.15, 0.2) is 0 Å². The van der Waals surface area contributed by atoms with Gasteiger partial charge in [0.2, 0.25) is 0 Å². The quantitative estimate of drug-likeness (QED) is 0.148. The van der Waals surface area contributed by atoms with Crippen molar-refractivity contribution in [2.24, 2.45) is 0 Å². The lowest BCUT2D eigenvalue weighted by molar-refractivity contribution is 0.332. The molecule has 0 N–H and O–H groups in total. The Kier molecular flexibility index (Phi) is 15.7. The van der Waals surface area contributed by atoms with Crippen LogP contribution in [0.3, 0.4) is 0 Å². The molecule has 18 rings (SSSR count). The number of hydrogen-bond acceptors (Lipinski definition) is 2. The van der Waals surface area contributed by atoms with Crippen molar-refractivity contribution < 1.29 is 0 Å². The van der Waals surface area contributed by atoms with Gasteiger partial charge in [0.1, 0.15) is 0 Å². The van der Waals surface area contributed by atoms with Crippen LogP contribution in [-0.4, -0.2) is 15.8 Å². The van der Waals surface area contributed by atoms with Crippen molar-refractivity contribution in [1.29, 1.82) is 0 Å². The fourth-order valence-electron chi connectivity index (χ4n) is 19.2. The standard InChI is InChI=1S/C104H107BN4/c1-97(2,3)70-36-47-90-80(59-70)81-60-71(98(4,5)6)37-48-91(81)108(90)76-42-45-86-93(61-76)107(75-40-31-65(32-41-75)67-34-44-83-85(56-67)104(19,20)52-50-102(83,15)16)95-63-77(109-88-27-23-21-25-78(88)79-26-22-24-28-89(79)109)62-94-96(95)105(86)87-57-68(69-53-72(99(7,8)9)58-73(54-69)100(10,11)12)35-46-92(87)106(94)74-38-29-64(30-39-74)66-33-43-82-84(55-66)103(17,18)51-49-101(82,13)14/h21-48,53-63H,49-52H2,1-20H3. The molecule has 4 heterocycles. The van der Waals surface area contributed by atoms with Crippen LogP contribution in [0, 0.1) is 0 Å². The first-order valence-electron chi connectivity index (χ1n) is 40.3. The van der Waals surface area contributed by atoms with Crippen LogP contribution in [0.2, 0.25) is 0 Å². The van der Waals surface area contributed by atoms with Crippen molar-refractivity contribution in [3.05, 3.63) is 281 Å². The molecule has 546 valence electrons. The lowest BCUT2D eigenvalue weighted by Crippen LogP contribution is -2.61.